The van der Waals surface area contributed by atoms with Crippen LogP contribution in [0.2, 0.25) is 0 Å². The van der Waals surface area contributed by atoms with Crippen molar-refractivity contribution in [3.63, 3.8) is 0 Å². The van der Waals surface area contributed by atoms with Crippen LogP contribution in [0.15, 0.2) is 28.2 Å². The molecule has 1 N–H and O–H groups in total. The molecule has 0 fully saturated rings. The zero-order chi connectivity index (χ0) is 13.7. The lowest BCUT2D eigenvalue weighted by Crippen LogP contribution is -2.10. The molecule has 1 aromatic rings. The van der Waals surface area contributed by atoms with E-state index in [0.717, 1.165) is 12.1 Å². The molecule has 1 aromatic carbocycles. The molecule has 4 nitrogen and oxygen atoms in total. The summed E-state index contributed by atoms with van der Waals surface area (Å²) in [5, 5.41) is 0. The van der Waals surface area contributed by atoms with Gasteiger partial charge in [0.15, 0.2) is 11.6 Å². The fourth-order valence-corrected chi connectivity index (χ4v) is 1.18. The van der Waals surface area contributed by atoms with Crippen LogP contribution in [0, 0.1) is 11.6 Å². The number of aliphatic imine (C=N–C) groups is 2. The van der Waals surface area contributed by atoms with Crippen molar-refractivity contribution in [2.24, 2.45) is 9.98 Å². The van der Waals surface area contributed by atoms with Crippen molar-refractivity contribution in [2.75, 3.05) is 0 Å². The Labute approximate surface area is 112 Å². The predicted octanol–water partition coefficient (Wildman–Crippen LogP) is 3.91. The highest BCUT2D eigenvalue weighted by Crippen LogP contribution is 2.16. The smallest absolute Gasteiger partial charge is 0.209 e. The van der Waals surface area contributed by atoms with Gasteiger partial charge in [-0.1, -0.05) is 15.9 Å². The van der Waals surface area contributed by atoms with Crippen molar-refractivity contribution in [3.05, 3.63) is 35.6 Å². The summed E-state index contributed by atoms with van der Waals surface area (Å²) in [7, 11) is 0. The Balaban J connectivity index is 2.96. The minimum Gasteiger partial charge on any atom is -0.476 e. The number of ether oxygens (including phenoxy) is 1. The van der Waals surface area contributed by atoms with Gasteiger partial charge in [-0.3, -0.25) is 4.99 Å². The van der Waals surface area contributed by atoms with Gasteiger partial charge in [0.25, 0.3) is 0 Å². The van der Waals surface area contributed by atoms with E-state index < -0.39 is 11.6 Å². The first-order chi connectivity index (χ1) is 8.38. The van der Waals surface area contributed by atoms with E-state index in [2.05, 4.69) is 25.9 Å². The van der Waals surface area contributed by atoms with Gasteiger partial charge in [0.1, 0.15) is 5.75 Å². The highest BCUT2D eigenvalue weighted by atomic mass is 79.9. The molecule has 0 unspecified atom stereocenters. The molecule has 7 heteroatoms. The quantitative estimate of drug-likeness (QED) is 0.463. The molecule has 0 aliphatic carbocycles. The van der Waals surface area contributed by atoms with Crippen LogP contribution in [0.4, 0.5) is 8.78 Å². The van der Waals surface area contributed by atoms with Crippen LogP contribution in [-0.2, 0) is 0 Å². The molecular formula is C11H11BrF2N3O-. The molecule has 0 heterocycles. The van der Waals surface area contributed by atoms with Crippen LogP contribution in [0.25, 0.3) is 5.73 Å². The molecular weight excluding hydrogens is 308 g/mol. The maximum Gasteiger partial charge on any atom is 0.209 e. The van der Waals surface area contributed by atoms with E-state index >= 15 is 0 Å². The molecule has 0 aliphatic rings. The standard InChI is InChI=1S/C11H11BrF2N3O/c1-6(2)16-11(17-10(12)15)18-7-3-4-8(13)9(14)5-7/h3-6H,1-2H3,(H-,15,16,17)/q-1. The lowest BCUT2D eigenvalue weighted by atomic mass is 10.3. The van der Waals surface area contributed by atoms with Gasteiger partial charge in [0.2, 0.25) is 6.02 Å². The van der Waals surface area contributed by atoms with E-state index in [1.165, 1.54) is 6.07 Å². The number of benzene rings is 1. The maximum absolute atomic E-state index is 13.0. The summed E-state index contributed by atoms with van der Waals surface area (Å²) in [4.78, 5) is 7.68. The monoisotopic (exact) mass is 318 g/mol. The molecule has 0 bridgehead atoms. The Morgan fingerprint density at radius 1 is 1.33 bits per heavy atom. The molecule has 98 valence electrons. The van der Waals surface area contributed by atoms with Gasteiger partial charge >= 0.3 is 0 Å². The SMILES string of the molecule is CC(C)N=C(/N=C(\[NH-])Br)Oc1ccc(F)c(F)c1. The van der Waals surface area contributed by atoms with Gasteiger partial charge in [0, 0.05) is 12.1 Å². The van der Waals surface area contributed by atoms with Gasteiger partial charge in [-0.05, 0) is 30.7 Å². The predicted molar refractivity (Wildman–Crippen MR) is 70.2 cm³/mol. The summed E-state index contributed by atoms with van der Waals surface area (Å²) >= 11 is 2.83. The summed E-state index contributed by atoms with van der Waals surface area (Å²) < 4.78 is 30.7. The highest BCUT2D eigenvalue weighted by molar-refractivity contribution is 9.18. The number of rotatable bonds is 2. The molecule has 0 aromatic heterocycles. The summed E-state index contributed by atoms with van der Waals surface area (Å²) in [5.74, 6) is -1.93. The van der Waals surface area contributed by atoms with Gasteiger partial charge in [-0.15, -0.1) is 0 Å². The molecule has 0 radical (unpaired) electrons. The number of hydrogen-bond donors (Lipinski definition) is 0. The van der Waals surface area contributed by atoms with Gasteiger partial charge in [-0.2, -0.15) is 0 Å². The first-order valence-corrected chi connectivity index (χ1v) is 5.84. The van der Waals surface area contributed by atoms with Crippen LogP contribution >= 0.6 is 15.9 Å². The average molecular weight is 319 g/mol. The normalized spacial score (nSPS) is 13.0. The second kappa shape index (κ2) is 6.44. The Kier molecular flexibility index (Phi) is 5.21. The van der Waals surface area contributed by atoms with Crippen LogP contribution in [0.1, 0.15) is 13.8 Å². The Bertz CT molecular complexity index is 485. The summed E-state index contributed by atoms with van der Waals surface area (Å²) in [5.41, 5.74) is 7.17. The second-order valence-corrected chi connectivity index (χ2v) is 4.34. The zero-order valence-electron chi connectivity index (χ0n) is 9.75. The van der Waals surface area contributed by atoms with E-state index in [4.69, 9.17) is 10.5 Å². The van der Waals surface area contributed by atoms with Crippen molar-refractivity contribution in [3.8, 4) is 5.75 Å². The molecule has 0 atom stereocenters. The lowest BCUT2D eigenvalue weighted by molar-refractivity contribution is 0.487. The Hall–Kier alpha value is -1.50. The van der Waals surface area contributed by atoms with Crippen LogP contribution in [-0.4, -0.2) is 16.8 Å². The van der Waals surface area contributed by atoms with Crippen molar-refractivity contribution in [1.82, 2.24) is 0 Å². The van der Waals surface area contributed by atoms with E-state index in [-0.39, 0.29) is 22.6 Å². The number of hydrogen-bond acceptors (Lipinski definition) is 2. The average Bonchev–Trinajstić information content (AvgIpc) is 2.21. The van der Waals surface area contributed by atoms with Gasteiger partial charge in [-0.25, -0.2) is 8.78 Å². The summed E-state index contributed by atoms with van der Waals surface area (Å²) in [6, 6.07) is 2.87. The summed E-state index contributed by atoms with van der Waals surface area (Å²) in [6.45, 7) is 3.59. The molecule has 1 rings (SSSR count). The number of halogens is 3. The van der Waals surface area contributed by atoms with Gasteiger partial charge in [0.05, 0.1) is 0 Å². The minimum atomic E-state index is -1.02. The zero-order valence-corrected chi connectivity index (χ0v) is 11.3. The second-order valence-electron chi connectivity index (χ2n) is 3.59. The molecule has 0 saturated heterocycles. The number of amidine groups is 2. The van der Waals surface area contributed by atoms with Crippen LogP contribution in [0.3, 0.4) is 0 Å². The molecule has 0 amide bonds. The Morgan fingerprint density at radius 3 is 2.50 bits per heavy atom. The largest absolute Gasteiger partial charge is 0.476 e. The Morgan fingerprint density at radius 2 is 2.00 bits per heavy atom. The van der Waals surface area contributed by atoms with Crippen LogP contribution < -0.4 is 4.74 Å². The topological polar surface area (TPSA) is 57.8 Å². The molecule has 18 heavy (non-hydrogen) atoms. The van der Waals surface area contributed by atoms with Crippen molar-refractivity contribution < 1.29 is 13.5 Å². The van der Waals surface area contributed by atoms with E-state index in [1.54, 1.807) is 13.8 Å². The highest BCUT2D eigenvalue weighted by Gasteiger charge is 2.04. The van der Waals surface area contributed by atoms with Gasteiger partial charge < -0.3 is 15.5 Å². The fraction of sp³-hybridized carbons (Fsp3) is 0.273. The molecule has 0 saturated carbocycles. The van der Waals surface area contributed by atoms with Crippen molar-refractivity contribution in [1.29, 1.82) is 0 Å². The van der Waals surface area contributed by atoms with Crippen LogP contribution in [0.5, 0.6) is 5.75 Å². The maximum atomic E-state index is 13.0. The van der Waals surface area contributed by atoms with E-state index in [0.29, 0.717) is 0 Å². The van der Waals surface area contributed by atoms with Crippen molar-refractivity contribution >= 4 is 26.7 Å². The lowest BCUT2D eigenvalue weighted by Gasteiger charge is -2.12. The first-order valence-electron chi connectivity index (χ1n) is 5.05. The van der Waals surface area contributed by atoms with E-state index in [9.17, 15) is 8.78 Å². The van der Waals surface area contributed by atoms with Crippen molar-refractivity contribution in [2.45, 2.75) is 19.9 Å². The minimum absolute atomic E-state index is 0.0609. The first kappa shape index (κ1) is 14.6. The third-order valence-corrected chi connectivity index (χ3v) is 1.84. The number of nitrogens with zero attached hydrogens (tertiary/aromatic N) is 2. The van der Waals surface area contributed by atoms with E-state index in [1.807, 2.05) is 0 Å². The molecule has 0 aliphatic heterocycles. The third kappa shape index (κ3) is 4.79. The number of nitrogens with one attached hydrogen (secondary N) is 1. The summed E-state index contributed by atoms with van der Waals surface area (Å²) in [6.07, 6.45) is 0. The molecule has 0 spiro atoms. The fourth-order valence-electron chi connectivity index (χ4n) is 1.03. The third-order valence-electron chi connectivity index (χ3n) is 1.66.